The number of halogens is 1. The van der Waals surface area contributed by atoms with E-state index in [0.717, 1.165) is 0 Å². The summed E-state index contributed by atoms with van der Waals surface area (Å²) in [6.45, 7) is 0. The SMILES string of the molecule is Cn1nnc(Br)c1C(N)CCC(=O)O. The van der Waals surface area contributed by atoms with Crippen molar-refractivity contribution in [1.29, 1.82) is 0 Å². The number of carboxylic acid groups (broad SMARTS) is 1. The molecule has 1 unspecified atom stereocenters. The molecule has 0 bridgehead atoms. The molecule has 1 atom stereocenters. The van der Waals surface area contributed by atoms with Gasteiger partial charge < -0.3 is 10.8 Å². The molecule has 78 valence electrons. The normalized spacial score (nSPS) is 12.8. The van der Waals surface area contributed by atoms with E-state index in [2.05, 4.69) is 26.2 Å². The molecule has 0 spiro atoms. The molecule has 0 aliphatic rings. The van der Waals surface area contributed by atoms with Crippen LogP contribution in [-0.4, -0.2) is 26.1 Å². The number of carboxylic acids is 1. The molecule has 0 fully saturated rings. The van der Waals surface area contributed by atoms with E-state index in [1.165, 1.54) is 4.68 Å². The molecule has 1 aromatic heterocycles. The Bertz CT molecular complexity index is 319. The minimum Gasteiger partial charge on any atom is -0.481 e. The lowest BCUT2D eigenvalue weighted by Gasteiger charge is -2.09. The second-order valence-electron chi connectivity index (χ2n) is 2.93. The van der Waals surface area contributed by atoms with Crippen LogP contribution in [0.2, 0.25) is 0 Å². The van der Waals surface area contributed by atoms with E-state index < -0.39 is 5.97 Å². The Balaban J connectivity index is 2.69. The maximum absolute atomic E-state index is 10.3. The third-order valence-electron chi connectivity index (χ3n) is 1.85. The molecule has 0 saturated heterocycles. The number of carbonyl (C=O) groups is 1. The molecule has 0 saturated carbocycles. The minimum atomic E-state index is -0.855. The Hall–Kier alpha value is -0.950. The molecule has 6 nitrogen and oxygen atoms in total. The lowest BCUT2D eigenvalue weighted by atomic mass is 10.1. The molecule has 1 rings (SSSR count). The molecular formula is C7H11BrN4O2. The van der Waals surface area contributed by atoms with Gasteiger partial charge in [0.25, 0.3) is 0 Å². The standard InChI is InChI=1S/C7H11BrN4O2/c1-12-6(7(8)10-11-12)4(9)2-3-5(13)14/h4H,2-3,9H2,1H3,(H,13,14). The summed E-state index contributed by atoms with van der Waals surface area (Å²) in [4.78, 5) is 10.3. The van der Waals surface area contributed by atoms with Crippen LogP contribution in [-0.2, 0) is 11.8 Å². The molecule has 1 aromatic rings. The number of aryl methyl sites for hydroxylation is 1. The molecule has 14 heavy (non-hydrogen) atoms. The van der Waals surface area contributed by atoms with Gasteiger partial charge in [-0.25, -0.2) is 4.68 Å². The summed E-state index contributed by atoms with van der Waals surface area (Å²) in [5.74, 6) is -0.855. The molecule has 0 aliphatic carbocycles. The first-order valence-electron chi connectivity index (χ1n) is 4.04. The predicted octanol–water partition coefficient (Wildman–Crippen LogP) is 0.442. The second-order valence-corrected chi connectivity index (χ2v) is 3.68. The van der Waals surface area contributed by atoms with E-state index in [4.69, 9.17) is 10.8 Å². The molecule has 7 heteroatoms. The molecule has 0 aliphatic heterocycles. The molecule has 0 radical (unpaired) electrons. The summed E-state index contributed by atoms with van der Waals surface area (Å²) in [5.41, 5.74) is 6.51. The number of hydrogen-bond acceptors (Lipinski definition) is 4. The van der Waals surface area contributed by atoms with Crippen molar-refractivity contribution in [3.05, 3.63) is 10.3 Å². The Morgan fingerprint density at radius 3 is 2.86 bits per heavy atom. The number of hydrogen-bond donors (Lipinski definition) is 2. The van der Waals surface area contributed by atoms with E-state index >= 15 is 0 Å². The first-order valence-corrected chi connectivity index (χ1v) is 4.84. The van der Waals surface area contributed by atoms with E-state index in [0.29, 0.717) is 16.7 Å². The number of nitrogens with two attached hydrogens (primary N) is 1. The van der Waals surface area contributed by atoms with Gasteiger partial charge in [0.15, 0.2) is 4.60 Å². The van der Waals surface area contributed by atoms with Gasteiger partial charge >= 0.3 is 5.97 Å². The monoisotopic (exact) mass is 262 g/mol. The van der Waals surface area contributed by atoms with E-state index in [9.17, 15) is 4.79 Å². The van der Waals surface area contributed by atoms with Crippen molar-refractivity contribution in [3.63, 3.8) is 0 Å². The van der Waals surface area contributed by atoms with Crippen LogP contribution in [0.25, 0.3) is 0 Å². The lowest BCUT2D eigenvalue weighted by molar-refractivity contribution is -0.137. The highest BCUT2D eigenvalue weighted by atomic mass is 79.9. The van der Waals surface area contributed by atoms with Crippen molar-refractivity contribution in [2.45, 2.75) is 18.9 Å². The van der Waals surface area contributed by atoms with Crippen LogP contribution in [0.4, 0.5) is 0 Å². The highest BCUT2D eigenvalue weighted by molar-refractivity contribution is 9.10. The fourth-order valence-electron chi connectivity index (χ4n) is 1.15. The summed E-state index contributed by atoms with van der Waals surface area (Å²) in [6.07, 6.45) is 0.411. The zero-order chi connectivity index (χ0) is 10.7. The average molecular weight is 263 g/mol. The van der Waals surface area contributed by atoms with Gasteiger partial charge in [-0.3, -0.25) is 4.79 Å². The van der Waals surface area contributed by atoms with Crippen molar-refractivity contribution in [1.82, 2.24) is 15.0 Å². The Morgan fingerprint density at radius 1 is 1.79 bits per heavy atom. The fraction of sp³-hybridized carbons (Fsp3) is 0.571. The highest BCUT2D eigenvalue weighted by Crippen LogP contribution is 2.21. The predicted molar refractivity (Wildman–Crippen MR) is 52.5 cm³/mol. The van der Waals surface area contributed by atoms with Gasteiger partial charge in [0, 0.05) is 13.5 Å². The lowest BCUT2D eigenvalue weighted by Crippen LogP contribution is -2.16. The summed E-state index contributed by atoms with van der Waals surface area (Å²) >= 11 is 3.20. The zero-order valence-electron chi connectivity index (χ0n) is 7.64. The van der Waals surface area contributed by atoms with Crippen molar-refractivity contribution in [3.8, 4) is 0 Å². The summed E-state index contributed by atoms with van der Waals surface area (Å²) in [6, 6.07) is -0.361. The van der Waals surface area contributed by atoms with Crippen molar-refractivity contribution in [2.24, 2.45) is 12.8 Å². The third-order valence-corrected chi connectivity index (χ3v) is 2.41. The smallest absolute Gasteiger partial charge is 0.303 e. The van der Waals surface area contributed by atoms with Crippen molar-refractivity contribution >= 4 is 21.9 Å². The second kappa shape index (κ2) is 4.52. The van der Waals surface area contributed by atoms with Gasteiger partial charge in [-0.1, -0.05) is 5.21 Å². The summed E-state index contributed by atoms with van der Waals surface area (Å²) in [5, 5.41) is 16.0. The van der Waals surface area contributed by atoms with Crippen LogP contribution in [0, 0.1) is 0 Å². The van der Waals surface area contributed by atoms with Gasteiger partial charge in [0.2, 0.25) is 0 Å². The highest BCUT2D eigenvalue weighted by Gasteiger charge is 2.16. The summed E-state index contributed by atoms with van der Waals surface area (Å²) < 4.78 is 2.11. The Labute approximate surface area is 89.2 Å². The van der Waals surface area contributed by atoms with Gasteiger partial charge in [-0.2, -0.15) is 0 Å². The minimum absolute atomic E-state index is 0.0405. The first-order chi connectivity index (χ1) is 6.52. The zero-order valence-corrected chi connectivity index (χ0v) is 9.23. The topological polar surface area (TPSA) is 94.0 Å². The maximum atomic E-state index is 10.3. The number of aliphatic carboxylic acids is 1. The largest absolute Gasteiger partial charge is 0.481 e. The Morgan fingerprint density at radius 2 is 2.43 bits per heavy atom. The number of rotatable bonds is 4. The van der Waals surface area contributed by atoms with Crippen LogP contribution >= 0.6 is 15.9 Å². The maximum Gasteiger partial charge on any atom is 0.303 e. The van der Waals surface area contributed by atoms with Crippen LogP contribution < -0.4 is 5.73 Å². The van der Waals surface area contributed by atoms with Gasteiger partial charge in [-0.15, -0.1) is 5.10 Å². The van der Waals surface area contributed by atoms with Crippen LogP contribution in [0.5, 0.6) is 0 Å². The van der Waals surface area contributed by atoms with Crippen molar-refractivity contribution in [2.75, 3.05) is 0 Å². The molecular weight excluding hydrogens is 252 g/mol. The number of aromatic nitrogens is 3. The third kappa shape index (κ3) is 2.52. The van der Waals surface area contributed by atoms with Crippen LogP contribution in [0.1, 0.15) is 24.6 Å². The van der Waals surface area contributed by atoms with E-state index in [1.54, 1.807) is 7.05 Å². The first kappa shape index (κ1) is 11.1. The summed E-state index contributed by atoms with van der Waals surface area (Å²) in [7, 11) is 1.72. The number of nitrogens with zero attached hydrogens (tertiary/aromatic N) is 3. The average Bonchev–Trinajstić information content (AvgIpc) is 2.42. The van der Waals surface area contributed by atoms with E-state index in [-0.39, 0.29) is 12.5 Å². The van der Waals surface area contributed by atoms with Crippen molar-refractivity contribution < 1.29 is 9.90 Å². The van der Waals surface area contributed by atoms with Crippen LogP contribution in [0.15, 0.2) is 4.60 Å². The fourth-order valence-corrected chi connectivity index (χ4v) is 1.77. The molecule has 3 N–H and O–H groups in total. The molecule has 0 aromatic carbocycles. The Kier molecular flexibility index (Phi) is 3.59. The van der Waals surface area contributed by atoms with Gasteiger partial charge in [0.05, 0.1) is 11.7 Å². The van der Waals surface area contributed by atoms with Crippen LogP contribution in [0.3, 0.4) is 0 Å². The quantitative estimate of drug-likeness (QED) is 0.822. The molecule has 1 heterocycles. The van der Waals surface area contributed by atoms with E-state index in [1.807, 2.05) is 0 Å². The van der Waals surface area contributed by atoms with Gasteiger partial charge in [0.1, 0.15) is 0 Å². The van der Waals surface area contributed by atoms with Gasteiger partial charge in [-0.05, 0) is 22.4 Å². The molecule has 0 amide bonds.